The van der Waals surface area contributed by atoms with Gasteiger partial charge in [-0.1, -0.05) is 30.3 Å². The highest BCUT2D eigenvalue weighted by molar-refractivity contribution is 5.76. The summed E-state index contributed by atoms with van der Waals surface area (Å²) in [5.74, 6) is 7.08. The number of rotatable bonds is 6. The first-order valence-corrected chi connectivity index (χ1v) is 6.58. The molecule has 0 atom stereocenters. The number of hydrogen-bond donors (Lipinski definition) is 4. The number of nitrogen functional groups attached to an aromatic ring is 1. The van der Waals surface area contributed by atoms with Gasteiger partial charge in [-0.05, 0) is 0 Å². The maximum atomic E-state index is 11.2. The van der Waals surface area contributed by atoms with Crippen LogP contribution < -0.4 is 21.9 Å². The maximum absolute atomic E-state index is 11.2. The Labute approximate surface area is 123 Å². The molecular weight excluding hydrogens is 268 g/mol. The van der Waals surface area contributed by atoms with Crippen LogP contribution in [0.25, 0.3) is 11.4 Å². The van der Waals surface area contributed by atoms with Crippen LogP contribution in [0.4, 0.5) is 11.6 Å². The topological polar surface area (TPSA) is 105 Å². The molecule has 0 fully saturated rings. The van der Waals surface area contributed by atoms with Gasteiger partial charge in [0.25, 0.3) is 0 Å². The van der Waals surface area contributed by atoms with E-state index in [4.69, 9.17) is 5.84 Å². The molecule has 0 unspecified atom stereocenters. The molecule has 0 spiro atoms. The molecule has 21 heavy (non-hydrogen) atoms. The molecule has 0 aliphatic carbocycles. The van der Waals surface area contributed by atoms with Gasteiger partial charge in [-0.3, -0.25) is 4.79 Å². The highest BCUT2D eigenvalue weighted by Gasteiger charge is 2.06. The average Bonchev–Trinajstić information content (AvgIpc) is 2.55. The zero-order chi connectivity index (χ0) is 15.1. The van der Waals surface area contributed by atoms with Crippen LogP contribution in [0, 0.1) is 0 Å². The number of nitrogens with zero attached hydrogens (tertiary/aromatic N) is 2. The van der Waals surface area contributed by atoms with Crippen molar-refractivity contribution in [2.24, 2.45) is 5.84 Å². The van der Waals surface area contributed by atoms with Crippen LogP contribution in [-0.4, -0.2) is 29.5 Å². The monoisotopic (exact) mass is 286 g/mol. The largest absolute Gasteiger partial charge is 0.369 e. The fourth-order valence-electron chi connectivity index (χ4n) is 1.76. The first-order chi connectivity index (χ1) is 10.2. The fourth-order valence-corrected chi connectivity index (χ4v) is 1.76. The number of aromatic nitrogens is 2. The standard InChI is InChI=1S/C14H18N6O/c1-16-13(21)7-8-17-11-9-12(20-15)19-14(18-11)10-5-3-2-4-6-10/h2-6,9H,7-8,15H2,1H3,(H,16,21)(H2,17,18,19,20). The van der Waals surface area contributed by atoms with Crippen molar-refractivity contribution in [3.63, 3.8) is 0 Å². The summed E-state index contributed by atoms with van der Waals surface area (Å²) in [5, 5.41) is 5.65. The Morgan fingerprint density at radius 1 is 1.19 bits per heavy atom. The Morgan fingerprint density at radius 3 is 2.57 bits per heavy atom. The number of nitrogens with one attached hydrogen (secondary N) is 3. The van der Waals surface area contributed by atoms with Gasteiger partial charge in [0.15, 0.2) is 5.82 Å². The van der Waals surface area contributed by atoms with Crippen LogP contribution in [0.3, 0.4) is 0 Å². The summed E-state index contributed by atoms with van der Waals surface area (Å²) in [6.07, 6.45) is 0.368. The van der Waals surface area contributed by atoms with Crippen LogP contribution in [0.5, 0.6) is 0 Å². The molecule has 2 rings (SSSR count). The molecule has 0 radical (unpaired) electrons. The van der Waals surface area contributed by atoms with Crippen molar-refractivity contribution in [3.05, 3.63) is 36.4 Å². The molecule has 5 N–H and O–H groups in total. The van der Waals surface area contributed by atoms with E-state index in [2.05, 4.69) is 26.0 Å². The van der Waals surface area contributed by atoms with Gasteiger partial charge in [-0.15, -0.1) is 0 Å². The SMILES string of the molecule is CNC(=O)CCNc1cc(NN)nc(-c2ccccc2)n1. The first kappa shape index (κ1) is 14.7. The van der Waals surface area contributed by atoms with Gasteiger partial charge >= 0.3 is 0 Å². The third-order valence-corrected chi connectivity index (χ3v) is 2.84. The van der Waals surface area contributed by atoms with Crippen LogP contribution >= 0.6 is 0 Å². The third kappa shape index (κ3) is 4.15. The molecule has 0 bridgehead atoms. The molecule has 1 aromatic carbocycles. The minimum absolute atomic E-state index is 0.0305. The van der Waals surface area contributed by atoms with Crippen LogP contribution in [0.2, 0.25) is 0 Å². The van der Waals surface area contributed by atoms with Crippen molar-refractivity contribution in [3.8, 4) is 11.4 Å². The van der Waals surface area contributed by atoms with Crippen LogP contribution in [-0.2, 0) is 4.79 Å². The van der Waals surface area contributed by atoms with E-state index < -0.39 is 0 Å². The van der Waals surface area contributed by atoms with Gasteiger partial charge in [0.1, 0.15) is 11.6 Å². The van der Waals surface area contributed by atoms with Crippen molar-refractivity contribution in [1.82, 2.24) is 15.3 Å². The smallest absolute Gasteiger partial charge is 0.221 e. The Bertz CT molecular complexity index is 602. The molecule has 0 aliphatic rings. The van der Waals surface area contributed by atoms with E-state index in [-0.39, 0.29) is 5.91 Å². The lowest BCUT2D eigenvalue weighted by molar-refractivity contribution is -0.120. The second-order valence-electron chi connectivity index (χ2n) is 4.32. The molecule has 0 saturated carbocycles. The highest BCUT2D eigenvalue weighted by atomic mass is 16.1. The predicted octanol–water partition coefficient (Wildman–Crippen LogP) is 0.977. The summed E-state index contributed by atoms with van der Waals surface area (Å²) < 4.78 is 0. The Hall–Kier alpha value is -2.67. The number of anilines is 2. The number of hydrazine groups is 1. The summed E-state index contributed by atoms with van der Waals surface area (Å²) in [6.45, 7) is 0.481. The first-order valence-electron chi connectivity index (χ1n) is 6.58. The summed E-state index contributed by atoms with van der Waals surface area (Å²) in [5.41, 5.74) is 3.41. The number of carbonyl (C=O) groups is 1. The summed E-state index contributed by atoms with van der Waals surface area (Å²) in [4.78, 5) is 19.9. The minimum Gasteiger partial charge on any atom is -0.369 e. The van der Waals surface area contributed by atoms with Crippen molar-refractivity contribution in [1.29, 1.82) is 0 Å². The van der Waals surface area contributed by atoms with E-state index in [1.54, 1.807) is 13.1 Å². The van der Waals surface area contributed by atoms with Crippen molar-refractivity contribution < 1.29 is 4.79 Å². The number of benzene rings is 1. The lowest BCUT2D eigenvalue weighted by Crippen LogP contribution is -2.21. The molecule has 110 valence electrons. The zero-order valence-corrected chi connectivity index (χ0v) is 11.8. The highest BCUT2D eigenvalue weighted by Crippen LogP contribution is 2.19. The van der Waals surface area contributed by atoms with Gasteiger partial charge in [0.2, 0.25) is 5.91 Å². The number of nitrogens with two attached hydrogens (primary N) is 1. The van der Waals surface area contributed by atoms with Crippen molar-refractivity contribution in [2.75, 3.05) is 24.3 Å². The molecule has 2 aromatic rings. The average molecular weight is 286 g/mol. The molecule has 0 aliphatic heterocycles. The van der Waals surface area contributed by atoms with E-state index in [1.807, 2.05) is 30.3 Å². The van der Waals surface area contributed by atoms with Crippen molar-refractivity contribution in [2.45, 2.75) is 6.42 Å². The van der Waals surface area contributed by atoms with Gasteiger partial charge in [0, 0.05) is 31.6 Å². The summed E-state index contributed by atoms with van der Waals surface area (Å²) >= 11 is 0. The second kappa shape index (κ2) is 7.20. The number of hydrogen-bond acceptors (Lipinski definition) is 6. The van der Waals surface area contributed by atoms with Gasteiger partial charge < -0.3 is 16.1 Å². The third-order valence-electron chi connectivity index (χ3n) is 2.84. The second-order valence-corrected chi connectivity index (χ2v) is 4.32. The lowest BCUT2D eigenvalue weighted by Gasteiger charge is -2.09. The van der Waals surface area contributed by atoms with Gasteiger partial charge in [0.05, 0.1) is 0 Å². The molecule has 0 saturated heterocycles. The Kier molecular flexibility index (Phi) is 5.05. The maximum Gasteiger partial charge on any atom is 0.221 e. The molecule has 1 amide bonds. The Balaban J connectivity index is 2.16. The molecule has 7 heteroatoms. The van der Waals surface area contributed by atoms with Gasteiger partial charge in [-0.2, -0.15) is 0 Å². The minimum atomic E-state index is -0.0305. The summed E-state index contributed by atoms with van der Waals surface area (Å²) in [6, 6.07) is 11.3. The Morgan fingerprint density at radius 2 is 1.90 bits per heavy atom. The zero-order valence-electron chi connectivity index (χ0n) is 11.8. The molecule has 7 nitrogen and oxygen atoms in total. The predicted molar refractivity (Wildman–Crippen MR) is 82.5 cm³/mol. The molecule has 1 heterocycles. The van der Waals surface area contributed by atoms with E-state index >= 15 is 0 Å². The molecular formula is C14H18N6O. The van der Waals surface area contributed by atoms with E-state index in [1.165, 1.54) is 0 Å². The van der Waals surface area contributed by atoms with E-state index in [0.29, 0.717) is 30.4 Å². The molecule has 1 aromatic heterocycles. The quantitative estimate of drug-likeness (QED) is 0.466. The van der Waals surface area contributed by atoms with Crippen molar-refractivity contribution >= 4 is 17.5 Å². The fraction of sp³-hybridized carbons (Fsp3) is 0.214. The summed E-state index contributed by atoms with van der Waals surface area (Å²) in [7, 11) is 1.61. The van der Waals surface area contributed by atoms with Gasteiger partial charge in [-0.25, -0.2) is 15.8 Å². The van der Waals surface area contributed by atoms with E-state index in [9.17, 15) is 4.79 Å². The number of amides is 1. The number of carbonyl (C=O) groups excluding carboxylic acids is 1. The normalized spacial score (nSPS) is 10.0. The van der Waals surface area contributed by atoms with Crippen LogP contribution in [0.15, 0.2) is 36.4 Å². The van der Waals surface area contributed by atoms with Crippen LogP contribution in [0.1, 0.15) is 6.42 Å². The lowest BCUT2D eigenvalue weighted by atomic mass is 10.2. The van der Waals surface area contributed by atoms with E-state index in [0.717, 1.165) is 5.56 Å².